The van der Waals surface area contributed by atoms with Crippen LogP contribution in [0.4, 0.5) is 0 Å². The van der Waals surface area contributed by atoms with E-state index in [9.17, 15) is 18.3 Å². The second-order valence-electron chi connectivity index (χ2n) is 6.78. The fourth-order valence-corrected chi connectivity index (χ4v) is 4.60. The Bertz CT molecular complexity index is 1320. The number of phenolic OH excluding ortho intramolecular Hbond substituents is 1. The monoisotopic (exact) mass is 422 g/mol. The van der Waals surface area contributed by atoms with Crippen LogP contribution < -0.4 is 0 Å². The number of methoxy groups -OCH3 is 1. The van der Waals surface area contributed by atoms with Crippen LogP contribution in [0.3, 0.4) is 0 Å². The molecule has 0 unspecified atom stereocenters. The number of carbonyl (C=O) groups excluding carboxylic acids is 1. The van der Waals surface area contributed by atoms with Gasteiger partial charge in [0, 0.05) is 10.9 Å². The minimum atomic E-state index is -3.70. The number of esters is 1. The number of carbonyl (C=O) groups is 1. The third-order valence-corrected chi connectivity index (χ3v) is 6.41. The van der Waals surface area contributed by atoms with E-state index in [2.05, 4.69) is 4.74 Å². The number of ether oxygens (including phenoxy) is 1. The average molecular weight is 422 g/mol. The fourth-order valence-electron chi connectivity index (χ4n) is 3.22. The lowest BCUT2D eigenvalue weighted by atomic mass is 10.1. The smallest absolute Gasteiger partial charge is 0.341 e. The zero-order valence-electron chi connectivity index (χ0n) is 16.0. The molecular weight excluding hydrogens is 404 g/mol. The molecule has 0 saturated carbocycles. The Hall–Kier alpha value is -3.58. The Morgan fingerprint density at radius 3 is 2.53 bits per heavy atom. The first-order valence-electron chi connectivity index (χ1n) is 9.09. The van der Waals surface area contributed by atoms with Crippen LogP contribution in [0, 0.1) is 0 Å². The highest BCUT2D eigenvalue weighted by atomic mass is 32.2. The second kappa shape index (κ2) is 7.68. The molecule has 30 heavy (non-hydrogen) atoms. The maximum atomic E-state index is 12.9. The SMILES string of the molecule is COC(=O)c1ccc(CS(=O)(=O)c2cccc(-c3cc4ccccc4o3)c2)cc1O. The summed E-state index contributed by atoms with van der Waals surface area (Å²) in [7, 11) is -2.49. The molecule has 0 aliphatic rings. The number of hydrogen-bond donors (Lipinski definition) is 1. The topological polar surface area (TPSA) is 93.8 Å². The molecule has 1 N–H and O–H groups in total. The van der Waals surface area contributed by atoms with Gasteiger partial charge < -0.3 is 14.3 Å². The molecule has 1 aromatic heterocycles. The lowest BCUT2D eigenvalue weighted by Gasteiger charge is -2.08. The van der Waals surface area contributed by atoms with Gasteiger partial charge in [-0.1, -0.05) is 36.4 Å². The summed E-state index contributed by atoms with van der Waals surface area (Å²) in [5, 5.41) is 10.9. The maximum Gasteiger partial charge on any atom is 0.341 e. The summed E-state index contributed by atoms with van der Waals surface area (Å²) in [4.78, 5) is 11.7. The van der Waals surface area contributed by atoms with Gasteiger partial charge in [-0.2, -0.15) is 0 Å². The molecule has 0 fully saturated rings. The van der Waals surface area contributed by atoms with Crippen molar-refractivity contribution in [2.75, 3.05) is 7.11 Å². The molecular formula is C23H18O6S. The summed E-state index contributed by atoms with van der Waals surface area (Å²) >= 11 is 0. The van der Waals surface area contributed by atoms with Crippen molar-refractivity contribution in [3.8, 4) is 17.1 Å². The molecule has 3 aromatic carbocycles. The number of fused-ring (bicyclic) bond motifs is 1. The van der Waals surface area contributed by atoms with E-state index in [1.54, 1.807) is 18.2 Å². The Labute approximate surface area is 173 Å². The summed E-state index contributed by atoms with van der Waals surface area (Å²) in [5.41, 5.74) is 1.71. The number of sulfone groups is 1. The van der Waals surface area contributed by atoms with Crippen molar-refractivity contribution < 1.29 is 27.5 Å². The van der Waals surface area contributed by atoms with E-state index in [-0.39, 0.29) is 22.0 Å². The summed E-state index contributed by atoms with van der Waals surface area (Å²) in [5.74, 6) is -0.773. The average Bonchev–Trinajstić information content (AvgIpc) is 3.17. The van der Waals surface area contributed by atoms with Gasteiger partial charge in [-0.25, -0.2) is 13.2 Å². The van der Waals surface area contributed by atoms with Crippen LogP contribution in [-0.2, 0) is 20.3 Å². The predicted molar refractivity (Wildman–Crippen MR) is 112 cm³/mol. The van der Waals surface area contributed by atoms with Gasteiger partial charge in [-0.3, -0.25) is 0 Å². The van der Waals surface area contributed by atoms with Gasteiger partial charge in [0.25, 0.3) is 0 Å². The predicted octanol–water partition coefficient (Wildman–Crippen LogP) is 4.57. The van der Waals surface area contributed by atoms with Crippen LogP contribution in [0.1, 0.15) is 15.9 Å². The van der Waals surface area contributed by atoms with E-state index in [1.165, 1.54) is 31.4 Å². The molecule has 0 saturated heterocycles. The van der Waals surface area contributed by atoms with Gasteiger partial charge in [-0.15, -0.1) is 0 Å². The number of hydrogen-bond acceptors (Lipinski definition) is 6. The third-order valence-electron chi connectivity index (χ3n) is 4.73. The van der Waals surface area contributed by atoms with Gasteiger partial charge in [0.15, 0.2) is 9.84 Å². The molecule has 0 aliphatic carbocycles. The fraction of sp³-hybridized carbons (Fsp3) is 0.0870. The van der Waals surface area contributed by atoms with Crippen molar-refractivity contribution in [3.63, 3.8) is 0 Å². The lowest BCUT2D eigenvalue weighted by molar-refractivity contribution is 0.0597. The van der Waals surface area contributed by atoms with Gasteiger partial charge in [0.2, 0.25) is 0 Å². The van der Waals surface area contributed by atoms with Crippen molar-refractivity contribution in [1.82, 2.24) is 0 Å². The molecule has 4 rings (SSSR count). The van der Waals surface area contributed by atoms with Crippen LogP contribution in [0.5, 0.6) is 5.75 Å². The maximum absolute atomic E-state index is 12.9. The summed E-state index contributed by atoms with van der Waals surface area (Å²) < 4.78 is 36.3. The molecule has 0 bridgehead atoms. The van der Waals surface area contributed by atoms with Gasteiger partial charge in [-0.05, 0) is 42.0 Å². The second-order valence-corrected chi connectivity index (χ2v) is 8.77. The summed E-state index contributed by atoms with van der Waals surface area (Å²) in [6.07, 6.45) is 0. The largest absolute Gasteiger partial charge is 0.507 e. The minimum Gasteiger partial charge on any atom is -0.507 e. The molecule has 0 aliphatic heterocycles. The number of aromatic hydroxyl groups is 1. The van der Waals surface area contributed by atoms with E-state index < -0.39 is 15.8 Å². The number of phenols is 1. The van der Waals surface area contributed by atoms with Crippen LogP contribution in [0.15, 0.2) is 82.1 Å². The van der Waals surface area contributed by atoms with Crippen molar-refractivity contribution in [2.24, 2.45) is 0 Å². The van der Waals surface area contributed by atoms with Crippen molar-refractivity contribution in [2.45, 2.75) is 10.6 Å². The number of furan rings is 1. The van der Waals surface area contributed by atoms with E-state index in [0.717, 1.165) is 11.0 Å². The zero-order valence-corrected chi connectivity index (χ0v) is 16.8. The molecule has 1 heterocycles. The molecule has 0 atom stereocenters. The van der Waals surface area contributed by atoms with E-state index >= 15 is 0 Å². The first kappa shape index (κ1) is 19.7. The zero-order chi connectivity index (χ0) is 21.3. The van der Waals surface area contributed by atoms with Gasteiger partial charge in [0.1, 0.15) is 22.7 Å². The summed E-state index contributed by atoms with van der Waals surface area (Å²) in [6.45, 7) is 0. The normalized spacial score (nSPS) is 11.5. The number of para-hydroxylation sites is 1. The standard InChI is InChI=1S/C23H18O6S/c1-28-23(25)19-10-9-15(11-20(19)24)14-30(26,27)18-7-4-6-16(12-18)22-13-17-5-2-3-8-21(17)29-22/h2-13,24H,14H2,1H3. The van der Waals surface area contributed by atoms with Gasteiger partial charge in [0.05, 0.1) is 17.8 Å². The highest BCUT2D eigenvalue weighted by Gasteiger charge is 2.19. The highest BCUT2D eigenvalue weighted by Crippen LogP contribution is 2.30. The summed E-state index contributed by atoms with van der Waals surface area (Å²) in [6, 6.07) is 20.0. The van der Waals surface area contributed by atoms with E-state index in [4.69, 9.17) is 4.42 Å². The Morgan fingerprint density at radius 1 is 1.00 bits per heavy atom. The third kappa shape index (κ3) is 3.79. The minimum absolute atomic E-state index is 0.0227. The van der Waals surface area contributed by atoms with E-state index in [0.29, 0.717) is 16.9 Å². The van der Waals surface area contributed by atoms with Crippen molar-refractivity contribution >= 4 is 26.8 Å². The van der Waals surface area contributed by atoms with Crippen LogP contribution in [0.25, 0.3) is 22.3 Å². The molecule has 7 heteroatoms. The highest BCUT2D eigenvalue weighted by molar-refractivity contribution is 7.90. The quantitative estimate of drug-likeness (QED) is 0.474. The lowest BCUT2D eigenvalue weighted by Crippen LogP contribution is -2.06. The first-order chi connectivity index (χ1) is 14.4. The van der Waals surface area contributed by atoms with Gasteiger partial charge >= 0.3 is 5.97 Å². The number of benzene rings is 3. The van der Waals surface area contributed by atoms with Crippen molar-refractivity contribution in [3.05, 3.63) is 83.9 Å². The number of rotatable bonds is 5. The molecule has 6 nitrogen and oxygen atoms in total. The molecule has 0 radical (unpaired) electrons. The van der Waals surface area contributed by atoms with Crippen LogP contribution in [-0.4, -0.2) is 26.6 Å². The molecule has 0 spiro atoms. The molecule has 4 aromatic rings. The molecule has 0 amide bonds. The Balaban J connectivity index is 1.64. The van der Waals surface area contributed by atoms with Crippen LogP contribution >= 0.6 is 0 Å². The molecule has 152 valence electrons. The Morgan fingerprint density at radius 2 is 1.80 bits per heavy atom. The first-order valence-corrected chi connectivity index (χ1v) is 10.7. The Kier molecular flexibility index (Phi) is 5.05. The van der Waals surface area contributed by atoms with Crippen LogP contribution in [0.2, 0.25) is 0 Å². The van der Waals surface area contributed by atoms with E-state index in [1.807, 2.05) is 30.3 Å². The van der Waals surface area contributed by atoms with Crippen molar-refractivity contribution in [1.29, 1.82) is 0 Å².